The maximum atomic E-state index is 9.85. The molecule has 0 heterocycles. The normalized spacial score (nSPS) is 9.65. The molecule has 0 saturated heterocycles. The van der Waals surface area contributed by atoms with E-state index in [-0.39, 0.29) is 22.9 Å². The topological polar surface area (TPSA) is 80.3 Å². The number of aliphatic carboxylic acids is 2. The van der Waals surface area contributed by atoms with Crippen LogP contribution in [0.3, 0.4) is 0 Å². The molecular weight excluding hydrogens is 470 g/mol. The summed E-state index contributed by atoms with van der Waals surface area (Å²) >= 11 is 8.14. The van der Waals surface area contributed by atoms with Gasteiger partial charge in [-0.05, 0) is 12.8 Å². The van der Waals surface area contributed by atoms with E-state index in [1.165, 1.54) is 0 Å². The smallest absolute Gasteiger partial charge is 0.550 e. The van der Waals surface area contributed by atoms with Crippen LogP contribution in [0.4, 0.5) is 0 Å². The van der Waals surface area contributed by atoms with E-state index in [9.17, 15) is 19.8 Å². The van der Waals surface area contributed by atoms with Gasteiger partial charge >= 0.3 is 16.5 Å². The Bertz CT molecular complexity index is 219. The molecule has 0 amide bonds. The second-order valence-corrected chi connectivity index (χ2v) is 9.73. The molecule has 17 heavy (non-hydrogen) atoms. The van der Waals surface area contributed by atoms with Crippen LogP contribution in [0, 0.1) is 0 Å². The maximum Gasteiger partial charge on any atom is 2.00 e. The molecule has 0 spiro atoms. The Morgan fingerprint density at radius 1 is 1.06 bits per heavy atom. The number of hydrogen-bond donors (Lipinski definition) is 0. The summed E-state index contributed by atoms with van der Waals surface area (Å²) in [5, 5.41) is 19.6. The van der Waals surface area contributed by atoms with Gasteiger partial charge in [0.15, 0.2) is 2.14 Å². The Labute approximate surface area is 136 Å². The molecular formula is C9H13Br3NiO4. The summed E-state index contributed by atoms with van der Waals surface area (Å²) in [7, 11) is 0. The Morgan fingerprint density at radius 2 is 1.47 bits per heavy atom. The van der Waals surface area contributed by atoms with Crippen molar-refractivity contribution in [3.8, 4) is 0 Å². The molecule has 0 unspecified atom stereocenters. The van der Waals surface area contributed by atoms with E-state index < -0.39 is 14.1 Å². The number of alkyl halides is 3. The SMILES string of the molecule is CCCCCCC(=O)[O-].O=C([O-])C(Br)(Br)Br.[Ni+2]. The third kappa shape index (κ3) is 22.5. The van der Waals surface area contributed by atoms with Crippen LogP contribution in [0.15, 0.2) is 0 Å². The number of carboxylic acid groups (broad SMARTS) is 2. The van der Waals surface area contributed by atoms with E-state index in [1.54, 1.807) is 0 Å². The van der Waals surface area contributed by atoms with Crippen molar-refractivity contribution < 1.29 is 36.3 Å². The molecule has 0 rings (SSSR count). The van der Waals surface area contributed by atoms with Gasteiger partial charge in [-0.1, -0.05) is 74.0 Å². The van der Waals surface area contributed by atoms with Crippen molar-refractivity contribution in [2.24, 2.45) is 0 Å². The zero-order valence-corrected chi connectivity index (χ0v) is 14.9. The first kappa shape index (κ1) is 23.0. The Morgan fingerprint density at radius 3 is 1.71 bits per heavy atom. The van der Waals surface area contributed by atoms with Crippen molar-refractivity contribution in [2.75, 3.05) is 0 Å². The molecule has 0 fully saturated rings. The zero-order chi connectivity index (χ0) is 13.2. The first-order valence-corrected chi connectivity index (χ1v) is 7.07. The molecule has 0 saturated carbocycles. The van der Waals surface area contributed by atoms with Crippen LogP contribution in [0.25, 0.3) is 0 Å². The van der Waals surface area contributed by atoms with Crippen molar-refractivity contribution in [2.45, 2.75) is 41.2 Å². The second kappa shape index (κ2) is 13.3. The number of carboxylic acids is 2. The molecule has 0 radical (unpaired) electrons. The molecule has 0 aliphatic rings. The van der Waals surface area contributed by atoms with Gasteiger partial charge in [0.25, 0.3) is 0 Å². The third-order valence-corrected chi connectivity index (χ3v) is 2.44. The summed E-state index contributed by atoms with van der Waals surface area (Å²) in [5.74, 6) is -2.18. The number of rotatable bonds is 5. The summed E-state index contributed by atoms with van der Waals surface area (Å²) in [4.78, 5) is 19.6. The quantitative estimate of drug-likeness (QED) is 0.335. The summed E-state index contributed by atoms with van der Waals surface area (Å²) in [6.45, 7) is 2.10. The van der Waals surface area contributed by atoms with Crippen LogP contribution < -0.4 is 10.2 Å². The first-order valence-electron chi connectivity index (χ1n) is 4.69. The van der Waals surface area contributed by atoms with Gasteiger partial charge in [0.05, 0.1) is 5.97 Å². The second-order valence-electron chi connectivity index (χ2n) is 2.97. The molecule has 0 aliphatic carbocycles. The van der Waals surface area contributed by atoms with Crippen molar-refractivity contribution in [1.82, 2.24) is 0 Å². The molecule has 4 nitrogen and oxygen atoms in total. The van der Waals surface area contributed by atoms with E-state index in [0.29, 0.717) is 0 Å². The third-order valence-electron chi connectivity index (χ3n) is 1.47. The summed E-state index contributed by atoms with van der Waals surface area (Å²) in [5.41, 5.74) is 0. The van der Waals surface area contributed by atoms with E-state index in [0.717, 1.165) is 25.7 Å². The molecule has 0 aromatic carbocycles. The minimum Gasteiger partial charge on any atom is -0.550 e. The maximum absolute atomic E-state index is 9.85. The van der Waals surface area contributed by atoms with Crippen LogP contribution in [-0.2, 0) is 26.1 Å². The van der Waals surface area contributed by atoms with E-state index in [2.05, 4.69) is 54.7 Å². The Balaban J connectivity index is -0.000000224. The van der Waals surface area contributed by atoms with Crippen LogP contribution in [0.5, 0.6) is 0 Å². The fourth-order valence-electron chi connectivity index (χ4n) is 0.696. The van der Waals surface area contributed by atoms with Gasteiger partial charge in [-0.15, -0.1) is 0 Å². The minimum atomic E-state index is -1.26. The van der Waals surface area contributed by atoms with Crippen molar-refractivity contribution >= 4 is 59.7 Å². The average molecular weight is 484 g/mol. The summed E-state index contributed by atoms with van der Waals surface area (Å²) in [6.07, 6.45) is 4.29. The average Bonchev–Trinajstić information content (AvgIpc) is 2.11. The summed E-state index contributed by atoms with van der Waals surface area (Å²) < 4.78 is -1.26. The summed E-state index contributed by atoms with van der Waals surface area (Å²) in [6, 6.07) is 0. The van der Waals surface area contributed by atoms with Crippen LogP contribution in [0.2, 0.25) is 0 Å². The van der Waals surface area contributed by atoms with Gasteiger partial charge < -0.3 is 19.8 Å². The number of carbonyl (C=O) groups is 2. The Hall–Kier alpha value is 0.874. The van der Waals surface area contributed by atoms with Crippen LogP contribution in [-0.4, -0.2) is 14.1 Å². The van der Waals surface area contributed by atoms with E-state index in [4.69, 9.17) is 0 Å². The van der Waals surface area contributed by atoms with Gasteiger partial charge in [-0.2, -0.15) is 0 Å². The molecule has 0 bridgehead atoms. The standard InChI is InChI=1S/C7H14O2.C2HBr3O2.Ni/c1-2-3-4-5-6-7(8)9;3-2(4,5)1(6)7;/h2-6H2,1H3,(H,8,9);(H,6,7);/q;;+2/p-2. The number of carbonyl (C=O) groups excluding carboxylic acids is 2. The predicted octanol–water partition coefficient (Wildman–Crippen LogP) is 1.28. The predicted molar refractivity (Wildman–Crippen MR) is 68.3 cm³/mol. The Kier molecular flexibility index (Phi) is 18.0. The van der Waals surface area contributed by atoms with Gasteiger partial charge in [-0.25, -0.2) is 0 Å². The van der Waals surface area contributed by atoms with Crippen molar-refractivity contribution in [3.05, 3.63) is 0 Å². The fourth-order valence-corrected chi connectivity index (χ4v) is 0.696. The molecule has 0 atom stereocenters. The molecule has 0 N–H and O–H groups in total. The number of unbranched alkanes of at least 4 members (excludes halogenated alkanes) is 3. The number of halogens is 3. The van der Waals surface area contributed by atoms with Crippen molar-refractivity contribution in [3.63, 3.8) is 0 Å². The zero-order valence-electron chi connectivity index (χ0n) is 9.12. The molecule has 0 aliphatic heterocycles. The van der Waals surface area contributed by atoms with Gasteiger partial charge in [0.1, 0.15) is 0 Å². The van der Waals surface area contributed by atoms with Gasteiger partial charge in [-0.3, -0.25) is 0 Å². The van der Waals surface area contributed by atoms with E-state index >= 15 is 0 Å². The monoisotopic (exact) mass is 480 g/mol. The van der Waals surface area contributed by atoms with Crippen LogP contribution in [0.1, 0.15) is 39.0 Å². The largest absolute Gasteiger partial charge is 2.00 e. The molecule has 0 aromatic heterocycles. The fraction of sp³-hybridized carbons (Fsp3) is 0.778. The number of hydrogen-bond acceptors (Lipinski definition) is 4. The van der Waals surface area contributed by atoms with Gasteiger partial charge in [0, 0.05) is 5.97 Å². The van der Waals surface area contributed by atoms with Gasteiger partial charge in [0.2, 0.25) is 0 Å². The first-order chi connectivity index (χ1) is 7.21. The van der Waals surface area contributed by atoms with E-state index in [1.807, 2.05) is 0 Å². The van der Waals surface area contributed by atoms with Crippen molar-refractivity contribution in [1.29, 1.82) is 0 Å². The van der Waals surface area contributed by atoms with Crippen LogP contribution >= 0.6 is 47.8 Å². The minimum absolute atomic E-state index is 0. The molecule has 104 valence electrons. The molecule has 8 heteroatoms. The molecule has 0 aromatic rings.